The molecule has 0 aliphatic carbocycles. The molecule has 0 aromatic rings. The van der Waals surface area contributed by atoms with Gasteiger partial charge in [-0.1, -0.05) is 225 Å². The topological polar surface area (TPSA) is 78.9 Å². The minimum atomic E-state index is -0.791. The van der Waals surface area contributed by atoms with Gasteiger partial charge in [-0.15, -0.1) is 0 Å². The molecule has 1 unspecified atom stereocenters. The molecule has 0 heterocycles. The van der Waals surface area contributed by atoms with Crippen LogP contribution in [0.4, 0.5) is 0 Å². The Labute approximate surface area is 424 Å². The van der Waals surface area contributed by atoms with Crippen LogP contribution in [0.5, 0.6) is 0 Å². The first kappa shape index (κ1) is 64.5. The normalized spacial score (nSPS) is 13.1. The fourth-order valence-electron chi connectivity index (χ4n) is 7.00. The van der Waals surface area contributed by atoms with Gasteiger partial charge in [0.1, 0.15) is 13.2 Å². The lowest BCUT2D eigenvalue weighted by molar-refractivity contribution is -0.167. The molecule has 0 saturated heterocycles. The van der Waals surface area contributed by atoms with E-state index < -0.39 is 6.10 Å². The van der Waals surface area contributed by atoms with Crippen molar-refractivity contribution in [2.24, 2.45) is 0 Å². The summed E-state index contributed by atoms with van der Waals surface area (Å²) < 4.78 is 16.6. The third-order valence-electron chi connectivity index (χ3n) is 11.1. The molecular weight excluding hydrogens is 853 g/mol. The quantitative estimate of drug-likeness (QED) is 0.0262. The Morgan fingerprint density at radius 3 is 0.957 bits per heavy atom. The molecule has 0 rings (SSSR count). The van der Waals surface area contributed by atoms with Crippen LogP contribution >= 0.6 is 0 Å². The lowest BCUT2D eigenvalue weighted by Crippen LogP contribution is -2.30. The summed E-state index contributed by atoms with van der Waals surface area (Å²) in [6.07, 6.45) is 79.2. The van der Waals surface area contributed by atoms with E-state index in [1.807, 2.05) is 0 Å². The van der Waals surface area contributed by atoms with E-state index in [1.54, 1.807) is 0 Å². The van der Waals surface area contributed by atoms with Crippen molar-refractivity contribution in [2.45, 2.75) is 232 Å². The van der Waals surface area contributed by atoms with E-state index in [2.05, 4.69) is 154 Å². The number of carbonyl (C=O) groups is 3. The number of hydrogen-bond acceptors (Lipinski definition) is 6. The van der Waals surface area contributed by atoms with E-state index >= 15 is 0 Å². The molecule has 0 aliphatic rings. The van der Waals surface area contributed by atoms with Crippen LogP contribution in [0.15, 0.2) is 134 Å². The second kappa shape index (κ2) is 56.1. The van der Waals surface area contributed by atoms with Crippen LogP contribution in [0, 0.1) is 0 Å². The SMILES string of the molecule is CC/C=C\C/C=C\C/C=C\C/C=C\C/C=C\C/C=C\C/C=C\C/C=C\C/C=C\C/C=C\CCCCCCC(=O)OCC(COC(=O)CCCCCCCC)OC(=O)CCCCCCC/C=C\CCC. The predicted octanol–water partition coefficient (Wildman–Crippen LogP) is 18.6. The van der Waals surface area contributed by atoms with Crippen molar-refractivity contribution in [1.29, 1.82) is 0 Å². The van der Waals surface area contributed by atoms with Gasteiger partial charge in [0.2, 0.25) is 0 Å². The van der Waals surface area contributed by atoms with Crippen molar-refractivity contribution < 1.29 is 28.6 Å². The molecule has 0 spiro atoms. The van der Waals surface area contributed by atoms with E-state index in [4.69, 9.17) is 14.2 Å². The Morgan fingerprint density at radius 2 is 0.594 bits per heavy atom. The van der Waals surface area contributed by atoms with Gasteiger partial charge in [0.15, 0.2) is 6.10 Å². The molecule has 0 amide bonds. The van der Waals surface area contributed by atoms with Crippen LogP contribution in [0.3, 0.4) is 0 Å². The van der Waals surface area contributed by atoms with E-state index in [9.17, 15) is 14.4 Å². The molecule has 0 saturated carbocycles. The molecule has 0 bridgehead atoms. The van der Waals surface area contributed by atoms with Crippen LogP contribution in [0.25, 0.3) is 0 Å². The largest absolute Gasteiger partial charge is 0.462 e. The van der Waals surface area contributed by atoms with Gasteiger partial charge in [0.05, 0.1) is 0 Å². The van der Waals surface area contributed by atoms with Gasteiger partial charge in [-0.05, 0) is 116 Å². The highest BCUT2D eigenvalue weighted by Gasteiger charge is 2.19. The molecule has 0 radical (unpaired) electrons. The highest BCUT2D eigenvalue weighted by molar-refractivity contribution is 5.71. The zero-order valence-electron chi connectivity index (χ0n) is 44.3. The maximum atomic E-state index is 12.7. The number of hydrogen-bond donors (Lipinski definition) is 0. The summed E-state index contributed by atoms with van der Waals surface area (Å²) in [6.45, 7) is 6.35. The van der Waals surface area contributed by atoms with E-state index in [1.165, 1.54) is 32.1 Å². The van der Waals surface area contributed by atoms with Crippen molar-refractivity contribution in [3.05, 3.63) is 134 Å². The first-order chi connectivity index (χ1) is 34.0. The maximum absolute atomic E-state index is 12.7. The molecule has 388 valence electrons. The molecule has 1 atom stereocenters. The molecule has 0 aromatic heterocycles. The van der Waals surface area contributed by atoms with Crippen LogP contribution in [0.2, 0.25) is 0 Å². The number of esters is 3. The highest BCUT2D eigenvalue weighted by Crippen LogP contribution is 2.13. The lowest BCUT2D eigenvalue weighted by Gasteiger charge is -2.18. The second-order valence-corrected chi connectivity index (χ2v) is 17.8. The Morgan fingerprint density at radius 1 is 0.304 bits per heavy atom. The molecule has 6 nitrogen and oxygen atoms in total. The van der Waals surface area contributed by atoms with Gasteiger partial charge >= 0.3 is 17.9 Å². The van der Waals surface area contributed by atoms with E-state index in [0.29, 0.717) is 19.3 Å². The zero-order valence-corrected chi connectivity index (χ0v) is 44.3. The summed E-state index contributed by atoms with van der Waals surface area (Å²) in [6, 6.07) is 0. The van der Waals surface area contributed by atoms with Gasteiger partial charge in [0.25, 0.3) is 0 Å². The van der Waals surface area contributed by atoms with Gasteiger partial charge < -0.3 is 14.2 Å². The summed E-state index contributed by atoms with van der Waals surface area (Å²) in [5.74, 6) is -0.949. The molecule has 0 aliphatic heterocycles. The summed E-state index contributed by atoms with van der Waals surface area (Å²) in [5.41, 5.74) is 0. The van der Waals surface area contributed by atoms with E-state index in [0.717, 1.165) is 154 Å². The van der Waals surface area contributed by atoms with Crippen LogP contribution in [-0.2, 0) is 28.6 Å². The fraction of sp³-hybridized carbons (Fsp3) is 0.603. The van der Waals surface area contributed by atoms with Crippen molar-refractivity contribution in [1.82, 2.24) is 0 Å². The molecule has 0 fully saturated rings. The van der Waals surface area contributed by atoms with Gasteiger partial charge in [-0.3, -0.25) is 14.4 Å². The molecule has 6 heteroatoms. The Hall–Kier alpha value is -4.45. The van der Waals surface area contributed by atoms with Crippen molar-refractivity contribution >= 4 is 17.9 Å². The van der Waals surface area contributed by atoms with Crippen LogP contribution in [-0.4, -0.2) is 37.2 Å². The molecule has 0 aromatic carbocycles. The minimum Gasteiger partial charge on any atom is -0.462 e. The number of allylic oxidation sites excluding steroid dienone is 22. The zero-order chi connectivity index (χ0) is 50.0. The number of rotatable bonds is 48. The standard InChI is InChI=1S/C63H100O6/c1-4-7-10-13-16-18-20-21-22-23-24-25-26-27-28-29-30-31-32-33-34-35-36-37-38-39-40-41-42-43-44-46-47-50-53-56-62(65)68-59-60(58-67-61(64)55-52-49-15-12-9-6-3)69-63(66)57-54-51-48-45-19-17-14-11-8-5-2/h7,10-11,14,16,18,21-22,24-25,27-28,30-31,33-34,36-37,39-40,42-43,60H,4-6,8-9,12-13,15,17,19-20,23,26,29,32,35,38,41,44-59H2,1-3H3/b10-7-,14-11-,18-16-,22-21-,25-24-,28-27-,31-30-,34-33-,37-36-,40-39-,43-42-. The second-order valence-electron chi connectivity index (χ2n) is 17.8. The third kappa shape index (κ3) is 54.4. The molecular formula is C63H100O6. The van der Waals surface area contributed by atoms with E-state index in [-0.39, 0.29) is 31.1 Å². The first-order valence-electron chi connectivity index (χ1n) is 27.7. The van der Waals surface area contributed by atoms with Crippen molar-refractivity contribution in [2.75, 3.05) is 13.2 Å². The van der Waals surface area contributed by atoms with Gasteiger partial charge in [-0.2, -0.15) is 0 Å². The average Bonchev–Trinajstić information content (AvgIpc) is 3.35. The van der Waals surface area contributed by atoms with Gasteiger partial charge in [0, 0.05) is 19.3 Å². The van der Waals surface area contributed by atoms with Crippen LogP contribution in [0.1, 0.15) is 226 Å². The maximum Gasteiger partial charge on any atom is 0.306 e. The van der Waals surface area contributed by atoms with Crippen molar-refractivity contribution in [3.63, 3.8) is 0 Å². The number of carbonyl (C=O) groups excluding carboxylic acids is 3. The minimum absolute atomic E-state index is 0.0925. The van der Waals surface area contributed by atoms with Crippen molar-refractivity contribution in [3.8, 4) is 0 Å². The Bertz CT molecular complexity index is 1510. The fourth-order valence-corrected chi connectivity index (χ4v) is 7.00. The monoisotopic (exact) mass is 953 g/mol. The number of unbranched alkanes of at least 4 members (excludes halogenated alkanes) is 15. The van der Waals surface area contributed by atoms with Gasteiger partial charge in [-0.25, -0.2) is 0 Å². The first-order valence-corrected chi connectivity index (χ1v) is 27.7. The lowest BCUT2D eigenvalue weighted by atomic mass is 10.1. The average molecular weight is 953 g/mol. The van der Waals surface area contributed by atoms with Crippen LogP contribution < -0.4 is 0 Å². The summed E-state index contributed by atoms with van der Waals surface area (Å²) in [4.78, 5) is 37.6. The predicted molar refractivity (Wildman–Crippen MR) is 297 cm³/mol. The third-order valence-corrected chi connectivity index (χ3v) is 11.1. The molecule has 0 N–H and O–H groups in total. The Kier molecular flexibility index (Phi) is 52.5. The summed E-state index contributed by atoms with van der Waals surface area (Å²) in [7, 11) is 0. The summed E-state index contributed by atoms with van der Waals surface area (Å²) >= 11 is 0. The molecule has 69 heavy (non-hydrogen) atoms. The number of ether oxygens (including phenoxy) is 3. The smallest absolute Gasteiger partial charge is 0.306 e. The Balaban J connectivity index is 4.12. The highest BCUT2D eigenvalue weighted by atomic mass is 16.6. The summed E-state index contributed by atoms with van der Waals surface area (Å²) in [5, 5.41) is 0.